The van der Waals surface area contributed by atoms with E-state index in [0.717, 1.165) is 6.08 Å². The van der Waals surface area contributed by atoms with Gasteiger partial charge in [-0.05, 0) is 25.5 Å². The minimum absolute atomic E-state index is 0.0920. The molecular weight excluding hydrogens is 224 g/mol. The van der Waals surface area contributed by atoms with Crippen LogP contribution in [0.5, 0.6) is 5.75 Å². The number of primary amides is 1. The molecule has 1 rings (SSSR count). The first-order valence-electron chi connectivity index (χ1n) is 4.79. The second-order valence-corrected chi connectivity index (χ2v) is 3.59. The van der Waals surface area contributed by atoms with Crippen LogP contribution in [0.4, 0.5) is 5.69 Å². The van der Waals surface area contributed by atoms with Crippen LogP contribution in [0.1, 0.15) is 16.7 Å². The van der Waals surface area contributed by atoms with Gasteiger partial charge in [-0.3, -0.25) is 14.9 Å². The Labute approximate surface area is 97.5 Å². The molecule has 1 aromatic rings. The summed E-state index contributed by atoms with van der Waals surface area (Å²) in [6.07, 6.45) is 2.32. The fraction of sp³-hybridized carbons (Fsp3) is 0.182. The van der Waals surface area contributed by atoms with Gasteiger partial charge < -0.3 is 10.8 Å². The lowest BCUT2D eigenvalue weighted by molar-refractivity contribution is -0.385. The number of amides is 1. The first-order chi connectivity index (χ1) is 7.84. The maximum atomic E-state index is 10.8. The summed E-state index contributed by atoms with van der Waals surface area (Å²) in [6, 6.07) is 1.28. The van der Waals surface area contributed by atoms with E-state index in [1.807, 2.05) is 0 Å². The van der Waals surface area contributed by atoms with Gasteiger partial charge in [-0.1, -0.05) is 0 Å². The van der Waals surface area contributed by atoms with Crippen molar-refractivity contribution in [3.05, 3.63) is 38.9 Å². The van der Waals surface area contributed by atoms with Crippen molar-refractivity contribution in [2.45, 2.75) is 13.8 Å². The first kappa shape index (κ1) is 12.7. The Bertz CT molecular complexity index is 521. The fourth-order valence-corrected chi connectivity index (χ4v) is 1.47. The molecule has 0 aromatic heterocycles. The molecule has 6 heteroatoms. The zero-order valence-electron chi connectivity index (χ0n) is 9.43. The van der Waals surface area contributed by atoms with Gasteiger partial charge in [-0.15, -0.1) is 0 Å². The molecular formula is C11H12N2O4. The maximum absolute atomic E-state index is 10.8. The molecule has 0 saturated heterocycles. The number of nitrogens with two attached hydrogens (primary N) is 1. The van der Waals surface area contributed by atoms with E-state index in [2.05, 4.69) is 0 Å². The molecule has 0 unspecified atom stereocenters. The van der Waals surface area contributed by atoms with Crippen LogP contribution < -0.4 is 5.73 Å². The number of phenols is 1. The molecule has 0 fully saturated rings. The topological polar surface area (TPSA) is 106 Å². The minimum atomic E-state index is -0.687. The van der Waals surface area contributed by atoms with Crippen molar-refractivity contribution in [1.82, 2.24) is 0 Å². The summed E-state index contributed by atoms with van der Waals surface area (Å²) in [4.78, 5) is 20.9. The molecule has 3 N–H and O–H groups in total. The van der Waals surface area contributed by atoms with Crippen molar-refractivity contribution in [2.24, 2.45) is 5.73 Å². The zero-order chi connectivity index (χ0) is 13.2. The summed E-state index contributed by atoms with van der Waals surface area (Å²) in [5.41, 5.74) is 5.71. The quantitative estimate of drug-likeness (QED) is 0.470. The smallest absolute Gasteiger partial charge is 0.273 e. The van der Waals surface area contributed by atoms with E-state index in [1.54, 1.807) is 6.92 Å². The van der Waals surface area contributed by atoms with Crippen molar-refractivity contribution >= 4 is 17.7 Å². The number of carbonyl (C=O) groups is 1. The molecule has 17 heavy (non-hydrogen) atoms. The van der Waals surface area contributed by atoms with Gasteiger partial charge in [0.15, 0.2) is 0 Å². The largest absolute Gasteiger partial charge is 0.507 e. The fourth-order valence-electron chi connectivity index (χ4n) is 1.47. The average Bonchev–Trinajstić information content (AvgIpc) is 2.22. The summed E-state index contributed by atoms with van der Waals surface area (Å²) in [6.45, 7) is 3.04. The van der Waals surface area contributed by atoms with Crippen molar-refractivity contribution in [3.63, 3.8) is 0 Å². The number of nitro groups is 1. The summed E-state index contributed by atoms with van der Waals surface area (Å²) >= 11 is 0. The van der Waals surface area contributed by atoms with Crippen molar-refractivity contribution in [2.75, 3.05) is 0 Å². The molecule has 0 aliphatic carbocycles. The molecule has 1 amide bonds. The highest BCUT2D eigenvalue weighted by molar-refractivity contribution is 5.91. The van der Waals surface area contributed by atoms with E-state index in [9.17, 15) is 20.0 Å². The van der Waals surface area contributed by atoms with E-state index in [-0.39, 0.29) is 22.6 Å². The summed E-state index contributed by atoms with van der Waals surface area (Å²) in [5, 5.41) is 20.6. The zero-order valence-corrected chi connectivity index (χ0v) is 9.43. The highest BCUT2D eigenvalue weighted by atomic mass is 16.6. The van der Waals surface area contributed by atoms with Gasteiger partial charge in [-0.2, -0.15) is 0 Å². The SMILES string of the molecule is Cc1cc([N+](=O)[O-])c(C)c(/C=C/C(N)=O)c1O. The van der Waals surface area contributed by atoms with Crippen LogP contribution in [-0.4, -0.2) is 15.9 Å². The van der Waals surface area contributed by atoms with Gasteiger partial charge in [0, 0.05) is 23.3 Å². The van der Waals surface area contributed by atoms with Crippen LogP contribution in [0.25, 0.3) is 6.08 Å². The number of nitro benzene ring substituents is 1. The maximum Gasteiger partial charge on any atom is 0.273 e. The molecule has 0 bridgehead atoms. The number of aryl methyl sites for hydroxylation is 1. The lowest BCUT2D eigenvalue weighted by atomic mass is 10.0. The Morgan fingerprint density at radius 2 is 2.12 bits per heavy atom. The average molecular weight is 236 g/mol. The Morgan fingerprint density at radius 3 is 2.59 bits per heavy atom. The van der Waals surface area contributed by atoms with E-state index < -0.39 is 10.8 Å². The van der Waals surface area contributed by atoms with Crippen LogP contribution in [0, 0.1) is 24.0 Å². The molecule has 0 aliphatic heterocycles. The van der Waals surface area contributed by atoms with E-state index in [0.29, 0.717) is 5.56 Å². The molecule has 0 saturated carbocycles. The number of hydrogen-bond acceptors (Lipinski definition) is 4. The summed E-state index contributed by atoms with van der Waals surface area (Å²) < 4.78 is 0. The van der Waals surface area contributed by atoms with Crippen LogP contribution >= 0.6 is 0 Å². The molecule has 6 nitrogen and oxygen atoms in total. The molecule has 0 heterocycles. The number of rotatable bonds is 3. The summed E-state index contributed by atoms with van der Waals surface area (Å²) in [5.74, 6) is -0.779. The number of aromatic hydroxyl groups is 1. The third-order valence-electron chi connectivity index (χ3n) is 2.38. The predicted molar refractivity (Wildman–Crippen MR) is 62.5 cm³/mol. The third kappa shape index (κ3) is 2.60. The van der Waals surface area contributed by atoms with Crippen molar-refractivity contribution < 1.29 is 14.8 Å². The number of benzene rings is 1. The second kappa shape index (κ2) is 4.65. The Morgan fingerprint density at radius 1 is 1.53 bits per heavy atom. The van der Waals surface area contributed by atoms with Crippen LogP contribution in [-0.2, 0) is 4.79 Å². The normalized spacial score (nSPS) is 10.7. The van der Waals surface area contributed by atoms with E-state index >= 15 is 0 Å². The molecule has 0 atom stereocenters. The highest BCUT2D eigenvalue weighted by Crippen LogP contribution is 2.33. The third-order valence-corrected chi connectivity index (χ3v) is 2.38. The lowest BCUT2D eigenvalue weighted by Crippen LogP contribution is -2.05. The van der Waals surface area contributed by atoms with Crippen molar-refractivity contribution in [1.29, 1.82) is 0 Å². The molecule has 0 radical (unpaired) electrons. The van der Waals surface area contributed by atoms with Crippen LogP contribution in [0.2, 0.25) is 0 Å². The number of nitrogens with zero attached hydrogens (tertiary/aromatic N) is 1. The predicted octanol–water partition coefficient (Wildman–Crippen LogP) is 1.42. The highest BCUT2D eigenvalue weighted by Gasteiger charge is 2.18. The second-order valence-electron chi connectivity index (χ2n) is 3.59. The molecule has 0 spiro atoms. The van der Waals surface area contributed by atoms with Crippen LogP contribution in [0.15, 0.2) is 12.1 Å². The summed E-state index contributed by atoms with van der Waals surface area (Å²) in [7, 11) is 0. The lowest BCUT2D eigenvalue weighted by Gasteiger charge is -2.07. The van der Waals surface area contributed by atoms with Gasteiger partial charge in [-0.25, -0.2) is 0 Å². The van der Waals surface area contributed by atoms with Crippen LogP contribution in [0.3, 0.4) is 0 Å². The molecule has 1 aromatic carbocycles. The molecule has 0 aliphatic rings. The van der Waals surface area contributed by atoms with Gasteiger partial charge >= 0.3 is 0 Å². The Balaban J connectivity index is 3.47. The van der Waals surface area contributed by atoms with Gasteiger partial charge in [0.25, 0.3) is 5.69 Å². The van der Waals surface area contributed by atoms with E-state index in [1.165, 1.54) is 19.1 Å². The Kier molecular flexibility index (Phi) is 3.47. The van der Waals surface area contributed by atoms with Gasteiger partial charge in [0.05, 0.1) is 4.92 Å². The number of phenolic OH excluding ortho intramolecular Hbond substituents is 1. The number of hydrogen-bond donors (Lipinski definition) is 2. The first-order valence-corrected chi connectivity index (χ1v) is 4.79. The standard InChI is InChI=1S/C11H12N2O4/c1-6-5-9(13(16)17)7(2)8(11(6)15)3-4-10(12)14/h3-5,15H,1-2H3,(H2,12,14)/b4-3+. The Hall–Kier alpha value is -2.37. The van der Waals surface area contributed by atoms with Gasteiger partial charge in [0.2, 0.25) is 5.91 Å². The van der Waals surface area contributed by atoms with Gasteiger partial charge in [0.1, 0.15) is 5.75 Å². The van der Waals surface area contributed by atoms with E-state index in [4.69, 9.17) is 5.73 Å². The minimum Gasteiger partial charge on any atom is -0.507 e. The van der Waals surface area contributed by atoms with Crippen molar-refractivity contribution in [3.8, 4) is 5.75 Å². The number of carbonyl (C=O) groups excluding carboxylic acids is 1. The molecule has 90 valence electrons. The monoisotopic (exact) mass is 236 g/mol.